The molecule has 0 aliphatic rings. The highest BCUT2D eigenvalue weighted by Crippen LogP contribution is 2.36. The van der Waals surface area contributed by atoms with E-state index in [4.69, 9.17) is 13.9 Å². The molecule has 0 aliphatic carbocycles. The molecule has 1 heterocycles. The lowest BCUT2D eigenvalue weighted by Gasteiger charge is -2.10. The monoisotopic (exact) mass is 272 g/mol. The van der Waals surface area contributed by atoms with Gasteiger partial charge >= 0.3 is 0 Å². The molecule has 0 amide bonds. The third kappa shape index (κ3) is 1.60. The minimum absolute atomic E-state index is 0.104. The molecule has 102 valence electrons. The van der Waals surface area contributed by atoms with Crippen molar-refractivity contribution in [3.63, 3.8) is 0 Å². The molecule has 0 aliphatic heterocycles. The Morgan fingerprint density at radius 1 is 1.10 bits per heavy atom. The lowest BCUT2D eigenvalue weighted by molar-refractivity contribution is 0.354. The molecule has 0 bridgehead atoms. The van der Waals surface area contributed by atoms with Gasteiger partial charge in [-0.15, -0.1) is 0 Å². The fraction of sp³-hybridized carbons (Fsp3) is 0.133. The van der Waals surface area contributed by atoms with E-state index in [-0.39, 0.29) is 16.6 Å². The van der Waals surface area contributed by atoms with Gasteiger partial charge in [0.15, 0.2) is 11.3 Å². The second kappa shape index (κ2) is 4.45. The molecule has 5 heteroatoms. The minimum atomic E-state index is -0.305. The maximum absolute atomic E-state index is 12.5. The number of phenols is 1. The minimum Gasteiger partial charge on any atom is -0.507 e. The van der Waals surface area contributed by atoms with E-state index in [0.29, 0.717) is 28.1 Å². The van der Waals surface area contributed by atoms with Crippen LogP contribution < -0.4 is 14.9 Å². The standard InChI is InChI=1S/C15H12O5/c1-18-11-7-6-8-13(17)12-9(16)4-3-5-10(12)20-14(8)15(11)19-2/h3-7,16H,1-2H3. The van der Waals surface area contributed by atoms with E-state index in [1.807, 2.05) is 0 Å². The Bertz CT molecular complexity index is 863. The van der Waals surface area contributed by atoms with Crippen LogP contribution in [0.3, 0.4) is 0 Å². The van der Waals surface area contributed by atoms with Gasteiger partial charge in [0, 0.05) is 0 Å². The Kier molecular flexibility index (Phi) is 2.75. The van der Waals surface area contributed by atoms with Gasteiger partial charge < -0.3 is 19.0 Å². The summed E-state index contributed by atoms with van der Waals surface area (Å²) in [4.78, 5) is 12.5. The number of hydrogen-bond donors (Lipinski definition) is 1. The van der Waals surface area contributed by atoms with Gasteiger partial charge in [-0.1, -0.05) is 6.07 Å². The highest BCUT2D eigenvalue weighted by molar-refractivity contribution is 5.96. The van der Waals surface area contributed by atoms with Gasteiger partial charge in [0.25, 0.3) is 0 Å². The molecule has 1 aromatic heterocycles. The zero-order valence-electron chi connectivity index (χ0n) is 11.0. The molecule has 1 N–H and O–H groups in total. The Morgan fingerprint density at radius 3 is 2.60 bits per heavy atom. The average molecular weight is 272 g/mol. The summed E-state index contributed by atoms with van der Waals surface area (Å²) in [6, 6.07) is 7.90. The van der Waals surface area contributed by atoms with Crippen molar-refractivity contribution in [3.05, 3.63) is 40.6 Å². The molecule has 0 radical (unpaired) electrons. The van der Waals surface area contributed by atoms with Crippen LogP contribution in [0.25, 0.3) is 21.9 Å². The first-order valence-electron chi connectivity index (χ1n) is 5.97. The van der Waals surface area contributed by atoms with Gasteiger partial charge in [0.2, 0.25) is 11.2 Å². The topological polar surface area (TPSA) is 68.9 Å². The molecule has 20 heavy (non-hydrogen) atoms. The fourth-order valence-electron chi connectivity index (χ4n) is 2.26. The van der Waals surface area contributed by atoms with Gasteiger partial charge in [-0.3, -0.25) is 4.79 Å². The van der Waals surface area contributed by atoms with Gasteiger partial charge in [0.05, 0.1) is 19.6 Å². The Morgan fingerprint density at radius 2 is 1.90 bits per heavy atom. The summed E-state index contributed by atoms with van der Waals surface area (Å²) in [6.45, 7) is 0. The number of benzene rings is 2. The summed E-state index contributed by atoms with van der Waals surface area (Å²) in [5.41, 5.74) is 0.296. The zero-order valence-corrected chi connectivity index (χ0v) is 11.0. The lowest BCUT2D eigenvalue weighted by Crippen LogP contribution is -2.04. The molecule has 2 aromatic carbocycles. The fourth-order valence-corrected chi connectivity index (χ4v) is 2.26. The molecular formula is C15H12O5. The zero-order chi connectivity index (χ0) is 14.3. The van der Waals surface area contributed by atoms with Crippen molar-refractivity contribution in [2.75, 3.05) is 14.2 Å². The largest absolute Gasteiger partial charge is 0.507 e. The van der Waals surface area contributed by atoms with E-state index in [1.54, 1.807) is 24.3 Å². The number of ether oxygens (including phenoxy) is 2. The van der Waals surface area contributed by atoms with Crippen molar-refractivity contribution in [3.8, 4) is 17.2 Å². The van der Waals surface area contributed by atoms with Crippen molar-refractivity contribution in [1.29, 1.82) is 0 Å². The van der Waals surface area contributed by atoms with E-state index >= 15 is 0 Å². The van der Waals surface area contributed by atoms with Crippen LogP contribution in [0.5, 0.6) is 17.2 Å². The lowest BCUT2D eigenvalue weighted by atomic mass is 10.1. The van der Waals surface area contributed by atoms with Crippen molar-refractivity contribution >= 4 is 21.9 Å². The summed E-state index contributed by atoms with van der Waals surface area (Å²) in [5.74, 6) is 0.725. The highest BCUT2D eigenvalue weighted by Gasteiger charge is 2.17. The Hall–Kier alpha value is -2.69. The summed E-state index contributed by atoms with van der Waals surface area (Å²) in [6.07, 6.45) is 0. The first kappa shape index (κ1) is 12.3. The van der Waals surface area contributed by atoms with E-state index in [0.717, 1.165) is 0 Å². The second-order valence-corrected chi connectivity index (χ2v) is 4.26. The molecule has 0 saturated carbocycles. The van der Waals surface area contributed by atoms with Crippen LogP contribution in [0.4, 0.5) is 0 Å². The number of hydrogen-bond acceptors (Lipinski definition) is 5. The predicted octanol–water partition coefficient (Wildman–Crippen LogP) is 2.67. The number of fused-ring (bicyclic) bond motifs is 2. The van der Waals surface area contributed by atoms with Gasteiger partial charge in [-0.05, 0) is 24.3 Å². The Balaban J connectivity index is 2.56. The highest BCUT2D eigenvalue weighted by atomic mass is 16.5. The SMILES string of the molecule is COc1ccc2c(=O)c3c(O)cccc3oc2c1OC. The molecule has 3 rings (SSSR count). The molecular weight excluding hydrogens is 260 g/mol. The second-order valence-electron chi connectivity index (χ2n) is 4.26. The van der Waals surface area contributed by atoms with Crippen molar-refractivity contribution in [2.24, 2.45) is 0 Å². The molecule has 0 spiro atoms. The maximum Gasteiger partial charge on any atom is 0.204 e. The van der Waals surface area contributed by atoms with Crippen LogP contribution in [0, 0.1) is 0 Å². The average Bonchev–Trinajstić information content (AvgIpc) is 2.46. The van der Waals surface area contributed by atoms with Crippen LogP contribution in [-0.4, -0.2) is 19.3 Å². The Labute approximate surface area is 114 Å². The van der Waals surface area contributed by atoms with E-state index in [1.165, 1.54) is 20.3 Å². The molecule has 0 unspecified atom stereocenters. The number of rotatable bonds is 2. The normalized spacial score (nSPS) is 10.9. The summed E-state index contributed by atoms with van der Waals surface area (Å²) >= 11 is 0. The van der Waals surface area contributed by atoms with E-state index in [9.17, 15) is 9.90 Å². The van der Waals surface area contributed by atoms with Gasteiger partial charge in [-0.25, -0.2) is 0 Å². The number of phenolic OH excluding ortho intramolecular Hbond substituents is 1. The molecule has 3 aromatic rings. The van der Waals surface area contributed by atoms with Crippen LogP contribution in [0.15, 0.2) is 39.5 Å². The van der Waals surface area contributed by atoms with Gasteiger partial charge in [0.1, 0.15) is 16.7 Å². The molecule has 5 nitrogen and oxygen atoms in total. The molecule has 0 fully saturated rings. The summed E-state index contributed by atoms with van der Waals surface area (Å²) in [5, 5.41) is 10.3. The summed E-state index contributed by atoms with van der Waals surface area (Å²) < 4.78 is 16.2. The third-order valence-corrected chi connectivity index (χ3v) is 3.19. The summed E-state index contributed by atoms with van der Waals surface area (Å²) in [7, 11) is 2.98. The number of methoxy groups -OCH3 is 2. The van der Waals surface area contributed by atoms with Crippen LogP contribution in [0.2, 0.25) is 0 Å². The quantitative estimate of drug-likeness (QED) is 0.726. The maximum atomic E-state index is 12.5. The van der Waals surface area contributed by atoms with E-state index in [2.05, 4.69) is 0 Å². The van der Waals surface area contributed by atoms with E-state index < -0.39 is 0 Å². The third-order valence-electron chi connectivity index (χ3n) is 3.19. The van der Waals surface area contributed by atoms with Gasteiger partial charge in [-0.2, -0.15) is 0 Å². The van der Waals surface area contributed by atoms with Crippen LogP contribution in [-0.2, 0) is 0 Å². The first-order valence-corrected chi connectivity index (χ1v) is 5.97. The predicted molar refractivity (Wildman–Crippen MR) is 74.8 cm³/mol. The van der Waals surface area contributed by atoms with Crippen LogP contribution >= 0.6 is 0 Å². The van der Waals surface area contributed by atoms with Crippen LogP contribution in [0.1, 0.15) is 0 Å². The molecule has 0 atom stereocenters. The number of aromatic hydroxyl groups is 1. The van der Waals surface area contributed by atoms with Crippen molar-refractivity contribution in [1.82, 2.24) is 0 Å². The van der Waals surface area contributed by atoms with Crippen molar-refractivity contribution in [2.45, 2.75) is 0 Å². The smallest absolute Gasteiger partial charge is 0.204 e. The first-order chi connectivity index (χ1) is 9.67. The van der Waals surface area contributed by atoms with Crippen molar-refractivity contribution < 1.29 is 19.0 Å². The molecule has 0 saturated heterocycles.